The molecule has 5 nitrogen and oxygen atoms in total. The van der Waals surface area contributed by atoms with Crippen molar-refractivity contribution in [1.82, 2.24) is 0 Å². The molecule has 4 N–H and O–H groups in total. The van der Waals surface area contributed by atoms with E-state index in [1.807, 2.05) is 19.2 Å². The van der Waals surface area contributed by atoms with Crippen LogP contribution in [0.25, 0.3) is 0 Å². The first kappa shape index (κ1) is 15.3. The predicted molar refractivity (Wildman–Crippen MR) is 83.9 cm³/mol. The Morgan fingerprint density at radius 3 is 2.85 bits per heavy atom. The third kappa shape index (κ3) is 3.13. The second kappa shape index (κ2) is 6.56. The summed E-state index contributed by atoms with van der Waals surface area (Å²) in [7, 11) is 2.02. The largest absolute Gasteiger partial charge is 0.396 e. The fourth-order valence-corrected chi connectivity index (χ4v) is 3.01. The van der Waals surface area contributed by atoms with Gasteiger partial charge in [-0.05, 0) is 47.3 Å². The number of aliphatic hydroxyl groups excluding tert-OH is 1. The predicted octanol–water partition coefficient (Wildman–Crippen LogP) is 2.00. The lowest BCUT2D eigenvalue weighted by Crippen LogP contribution is -2.19. The minimum Gasteiger partial charge on any atom is -0.396 e. The molecule has 0 aromatic heterocycles. The van der Waals surface area contributed by atoms with Gasteiger partial charge >= 0.3 is 0 Å². The minimum absolute atomic E-state index is 0.158. The van der Waals surface area contributed by atoms with Crippen LogP contribution in [0.5, 0.6) is 0 Å². The van der Waals surface area contributed by atoms with Crippen molar-refractivity contribution in [3.8, 4) is 0 Å². The minimum atomic E-state index is -0.579. The third-order valence-electron chi connectivity index (χ3n) is 3.56. The second-order valence-corrected chi connectivity index (χ2v) is 5.92. The molecule has 20 heavy (non-hydrogen) atoms. The van der Waals surface area contributed by atoms with E-state index in [2.05, 4.69) is 26.1 Å². The van der Waals surface area contributed by atoms with Crippen molar-refractivity contribution >= 4 is 33.2 Å². The van der Waals surface area contributed by atoms with E-state index in [1.54, 1.807) is 0 Å². The molecular formula is C14H20BrN3O2. The number of benzene rings is 1. The van der Waals surface area contributed by atoms with E-state index in [9.17, 15) is 4.79 Å². The maximum atomic E-state index is 11.6. The molecular weight excluding hydrogens is 322 g/mol. The van der Waals surface area contributed by atoms with E-state index in [4.69, 9.17) is 10.8 Å². The number of carbonyl (C=O) groups is 1. The van der Waals surface area contributed by atoms with Crippen LogP contribution in [-0.2, 0) is 4.79 Å². The van der Waals surface area contributed by atoms with Gasteiger partial charge in [-0.1, -0.05) is 0 Å². The Kier molecular flexibility index (Phi) is 5.01. The van der Waals surface area contributed by atoms with Gasteiger partial charge in [-0.2, -0.15) is 0 Å². The van der Waals surface area contributed by atoms with E-state index < -0.39 is 6.04 Å². The fourth-order valence-electron chi connectivity index (χ4n) is 2.35. The summed E-state index contributed by atoms with van der Waals surface area (Å²) < 4.78 is 0.938. The number of hydrogen-bond acceptors (Lipinski definition) is 4. The molecule has 0 saturated carbocycles. The van der Waals surface area contributed by atoms with Crippen LogP contribution in [0, 0.1) is 0 Å². The highest BCUT2D eigenvalue weighted by molar-refractivity contribution is 9.10. The van der Waals surface area contributed by atoms with Crippen molar-refractivity contribution in [3.05, 3.63) is 22.2 Å². The highest BCUT2D eigenvalue weighted by Gasteiger charge is 2.28. The number of hydrogen-bond donors (Lipinski definition) is 3. The monoisotopic (exact) mass is 341 g/mol. The average Bonchev–Trinajstić information content (AvgIpc) is 2.69. The van der Waals surface area contributed by atoms with E-state index in [0.29, 0.717) is 0 Å². The van der Waals surface area contributed by atoms with Gasteiger partial charge in [0.25, 0.3) is 0 Å². The van der Waals surface area contributed by atoms with Gasteiger partial charge in [-0.25, -0.2) is 0 Å². The summed E-state index contributed by atoms with van der Waals surface area (Å²) in [5.74, 6) is -0.158. The molecule has 0 radical (unpaired) electrons. The molecule has 6 heteroatoms. The summed E-state index contributed by atoms with van der Waals surface area (Å²) in [6, 6.07) is 3.29. The molecule has 1 aliphatic heterocycles. The molecule has 0 spiro atoms. The number of carbonyl (C=O) groups excluding carboxylic acids is 1. The standard InChI is InChI=1S/C14H20BrN3O2/c1-18(5-3-2-4-6-19)12-8-11-9(7-10(12)15)13(16)14(20)17-11/h7-8,13,19H,2-6,16H2,1H3,(H,17,20). The lowest BCUT2D eigenvalue weighted by Gasteiger charge is -2.21. The van der Waals surface area contributed by atoms with Crippen molar-refractivity contribution < 1.29 is 9.90 Å². The van der Waals surface area contributed by atoms with Crippen LogP contribution in [0.1, 0.15) is 30.9 Å². The zero-order valence-corrected chi connectivity index (χ0v) is 13.1. The molecule has 0 saturated heterocycles. The van der Waals surface area contributed by atoms with Gasteiger partial charge in [0.2, 0.25) is 5.91 Å². The second-order valence-electron chi connectivity index (χ2n) is 5.06. The van der Waals surface area contributed by atoms with Gasteiger partial charge in [0, 0.05) is 35.9 Å². The Morgan fingerprint density at radius 1 is 1.40 bits per heavy atom. The Bertz CT molecular complexity index is 507. The van der Waals surface area contributed by atoms with Crippen molar-refractivity contribution in [2.45, 2.75) is 25.3 Å². The van der Waals surface area contributed by atoms with Gasteiger partial charge in [0.15, 0.2) is 0 Å². The lowest BCUT2D eigenvalue weighted by molar-refractivity contribution is -0.116. The summed E-state index contributed by atoms with van der Waals surface area (Å²) in [4.78, 5) is 13.7. The zero-order valence-electron chi connectivity index (χ0n) is 11.5. The molecule has 0 fully saturated rings. The molecule has 1 atom stereocenters. The Hall–Kier alpha value is -1.11. The molecule has 0 bridgehead atoms. The van der Waals surface area contributed by atoms with Gasteiger partial charge in [0.1, 0.15) is 6.04 Å². The number of halogens is 1. The van der Waals surface area contributed by atoms with Gasteiger partial charge in [0.05, 0.1) is 5.69 Å². The Balaban J connectivity index is 2.09. The molecule has 0 aliphatic carbocycles. The third-order valence-corrected chi connectivity index (χ3v) is 4.19. The highest BCUT2D eigenvalue weighted by Crippen LogP contribution is 2.37. The van der Waals surface area contributed by atoms with Crippen molar-refractivity contribution in [1.29, 1.82) is 0 Å². The molecule has 1 aromatic carbocycles. The van der Waals surface area contributed by atoms with E-state index in [-0.39, 0.29) is 12.5 Å². The summed E-state index contributed by atoms with van der Waals surface area (Å²) >= 11 is 3.54. The molecule has 110 valence electrons. The topological polar surface area (TPSA) is 78.6 Å². The van der Waals surface area contributed by atoms with Gasteiger partial charge in [-0.3, -0.25) is 4.79 Å². The first-order valence-corrected chi connectivity index (χ1v) is 7.55. The van der Waals surface area contributed by atoms with Crippen LogP contribution in [0.15, 0.2) is 16.6 Å². The van der Waals surface area contributed by atoms with Crippen LogP contribution >= 0.6 is 15.9 Å². The van der Waals surface area contributed by atoms with Crippen molar-refractivity contribution in [2.75, 3.05) is 30.4 Å². The van der Waals surface area contributed by atoms with E-state index in [0.717, 1.165) is 47.2 Å². The molecule has 1 unspecified atom stereocenters. The number of anilines is 2. The molecule has 2 rings (SSSR count). The van der Waals surface area contributed by atoms with Crippen LogP contribution < -0.4 is 16.0 Å². The lowest BCUT2D eigenvalue weighted by atomic mass is 10.1. The summed E-state index contributed by atoms with van der Waals surface area (Å²) in [6.07, 6.45) is 2.86. The maximum Gasteiger partial charge on any atom is 0.245 e. The first-order valence-electron chi connectivity index (χ1n) is 6.76. The molecule has 1 heterocycles. The molecule has 1 aliphatic rings. The van der Waals surface area contributed by atoms with Gasteiger partial charge in [-0.15, -0.1) is 0 Å². The zero-order chi connectivity index (χ0) is 14.7. The normalized spacial score (nSPS) is 17.0. The number of unbranched alkanes of at least 4 members (excludes halogenated alkanes) is 2. The fraction of sp³-hybridized carbons (Fsp3) is 0.500. The van der Waals surface area contributed by atoms with E-state index in [1.165, 1.54) is 0 Å². The number of nitrogens with one attached hydrogen (secondary N) is 1. The number of fused-ring (bicyclic) bond motifs is 1. The highest BCUT2D eigenvalue weighted by atomic mass is 79.9. The van der Waals surface area contributed by atoms with Crippen molar-refractivity contribution in [3.63, 3.8) is 0 Å². The Morgan fingerprint density at radius 2 is 2.15 bits per heavy atom. The van der Waals surface area contributed by atoms with Crippen LogP contribution in [0.2, 0.25) is 0 Å². The van der Waals surface area contributed by atoms with Crippen molar-refractivity contribution in [2.24, 2.45) is 5.73 Å². The van der Waals surface area contributed by atoms with E-state index >= 15 is 0 Å². The summed E-state index contributed by atoms with van der Waals surface area (Å²) in [6.45, 7) is 1.15. The smallest absolute Gasteiger partial charge is 0.245 e. The number of aliphatic hydroxyl groups is 1. The first-order chi connectivity index (χ1) is 9.54. The summed E-state index contributed by atoms with van der Waals surface area (Å²) in [5, 5.41) is 11.6. The van der Waals surface area contributed by atoms with Crippen LogP contribution in [0.4, 0.5) is 11.4 Å². The van der Waals surface area contributed by atoms with Gasteiger partial charge < -0.3 is 21.1 Å². The number of nitrogens with two attached hydrogens (primary N) is 1. The Labute approximate surface area is 127 Å². The average molecular weight is 342 g/mol. The SMILES string of the molecule is CN(CCCCCO)c1cc2c(cc1Br)C(N)C(=O)N2. The van der Waals surface area contributed by atoms with Crippen LogP contribution in [0.3, 0.4) is 0 Å². The maximum absolute atomic E-state index is 11.6. The number of nitrogens with zero attached hydrogens (tertiary/aromatic N) is 1. The molecule has 1 aromatic rings. The quantitative estimate of drug-likeness (QED) is 0.691. The molecule has 1 amide bonds. The number of rotatable bonds is 6. The van der Waals surface area contributed by atoms with Crippen LogP contribution in [-0.4, -0.2) is 31.2 Å². The number of amides is 1. The summed E-state index contributed by atoms with van der Waals surface area (Å²) in [5.41, 5.74) is 8.49.